The molecule has 2 aromatic carbocycles. The van der Waals surface area contributed by atoms with Gasteiger partial charge in [-0.15, -0.1) is 0 Å². The van der Waals surface area contributed by atoms with Crippen LogP contribution in [-0.4, -0.2) is 48.5 Å². The fourth-order valence-corrected chi connectivity index (χ4v) is 4.27. The number of anilines is 2. The molecule has 1 amide bonds. The van der Waals surface area contributed by atoms with E-state index in [0.29, 0.717) is 6.42 Å². The second-order valence-corrected chi connectivity index (χ2v) is 8.01. The van der Waals surface area contributed by atoms with Gasteiger partial charge in [0, 0.05) is 48.6 Å². The van der Waals surface area contributed by atoms with Gasteiger partial charge in [-0.05, 0) is 61.9 Å². The van der Waals surface area contributed by atoms with E-state index >= 15 is 0 Å². The number of amides is 1. The summed E-state index contributed by atoms with van der Waals surface area (Å²) in [4.78, 5) is 22.3. The number of nitrogens with zero attached hydrogens (tertiary/aromatic N) is 3. The van der Waals surface area contributed by atoms with E-state index in [4.69, 9.17) is 0 Å². The SMILES string of the molecule is CCN1CCN(c2ccc(NC(=O)Cc3c(C)nc4ccccc4c3C)cc2)CC1. The Labute approximate surface area is 178 Å². The number of rotatable bonds is 5. The lowest BCUT2D eigenvalue weighted by Crippen LogP contribution is -2.46. The van der Waals surface area contributed by atoms with Gasteiger partial charge in [0.1, 0.15) is 0 Å². The second-order valence-electron chi connectivity index (χ2n) is 8.01. The van der Waals surface area contributed by atoms with Crippen molar-refractivity contribution in [3.63, 3.8) is 0 Å². The molecule has 1 N–H and O–H groups in total. The minimum absolute atomic E-state index is 0.0115. The summed E-state index contributed by atoms with van der Waals surface area (Å²) in [5, 5.41) is 4.16. The Balaban J connectivity index is 1.42. The zero-order valence-corrected chi connectivity index (χ0v) is 18.1. The molecule has 0 spiro atoms. The van der Waals surface area contributed by atoms with Crippen LogP contribution in [-0.2, 0) is 11.2 Å². The molecule has 1 aliphatic rings. The summed E-state index contributed by atoms with van der Waals surface area (Å²) in [7, 11) is 0. The van der Waals surface area contributed by atoms with Crippen molar-refractivity contribution < 1.29 is 4.79 Å². The van der Waals surface area contributed by atoms with Crippen molar-refractivity contribution >= 4 is 28.2 Å². The molecule has 0 unspecified atom stereocenters. The lowest BCUT2D eigenvalue weighted by atomic mass is 9.99. The predicted octanol–water partition coefficient (Wildman–Crippen LogP) is 4.17. The molecule has 0 saturated carbocycles. The average Bonchev–Trinajstić information content (AvgIpc) is 2.77. The highest BCUT2D eigenvalue weighted by atomic mass is 16.1. The molecule has 0 atom stereocenters. The van der Waals surface area contributed by atoms with E-state index in [-0.39, 0.29) is 5.91 Å². The zero-order chi connectivity index (χ0) is 21.1. The first-order valence-electron chi connectivity index (χ1n) is 10.8. The molecular weight excluding hydrogens is 372 g/mol. The van der Waals surface area contributed by atoms with Gasteiger partial charge in [-0.25, -0.2) is 0 Å². The lowest BCUT2D eigenvalue weighted by Gasteiger charge is -2.35. The van der Waals surface area contributed by atoms with E-state index in [1.165, 1.54) is 5.69 Å². The number of likely N-dealkylation sites (N-methyl/N-ethyl adjacent to an activating group) is 1. The smallest absolute Gasteiger partial charge is 0.228 e. The molecule has 2 heterocycles. The van der Waals surface area contributed by atoms with Gasteiger partial charge in [-0.2, -0.15) is 0 Å². The molecule has 1 fully saturated rings. The van der Waals surface area contributed by atoms with Gasteiger partial charge in [0.05, 0.1) is 11.9 Å². The molecule has 0 bridgehead atoms. The maximum Gasteiger partial charge on any atom is 0.228 e. The number of aromatic nitrogens is 1. The molecular formula is C25H30N4O. The van der Waals surface area contributed by atoms with Gasteiger partial charge in [0.2, 0.25) is 5.91 Å². The van der Waals surface area contributed by atoms with Crippen LogP contribution in [0.1, 0.15) is 23.7 Å². The van der Waals surface area contributed by atoms with Gasteiger partial charge in [-0.1, -0.05) is 25.1 Å². The van der Waals surface area contributed by atoms with Gasteiger partial charge >= 0.3 is 0 Å². The summed E-state index contributed by atoms with van der Waals surface area (Å²) in [6.07, 6.45) is 0.330. The third kappa shape index (κ3) is 4.31. The van der Waals surface area contributed by atoms with Crippen molar-refractivity contribution in [1.29, 1.82) is 0 Å². The summed E-state index contributed by atoms with van der Waals surface area (Å²) in [5.74, 6) is -0.0115. The second kappa shape index (κ2) is 8.84. The van der Waals surface area contributed by atoms with Crippen LogP contribution < -0.4 is 10.2 Å². The Bertz CT molecular complexity index is 1040. The van der Waals surface area contributed by atoms with E-state index in [2.05, 4.69) is 52.1 Å². The molecule has 1 aromatic heterocycles. The fraction of sp³-hybridized carbons (Fsp3) is 0.360. The Morgan fingerprint density at radius 1 is 1.00 bits per heavy atom. The normalized spacial score (nSPS) is 14.8. The minimum Gasteiger partial charge on any atom is -0.369 e. The fourth-order valence-electron chi connectivity index (χ4n) is 4.27. The van der Waals surface area contributed by atoms with Crippen LogP contribution in [0, 0.1) is 13.8 Å². The lowest BCUT2D eigenvalue weighted by molar-refractivity contribution is -0.115. The summed E-state index contributed by atoms with van der Waals surface area (Å²) < 4.78 is 0. The highest BCUT2D eigenvalue weighted by Crippen LogP contribution is 2.24. The summed E-state index contributed by atoms with van der Waals surface area (Å²) >= 11 is 0. The number of benzene rings is 2. The number of carbonyl (C=O) groups excluding carboxylic acids is 1. The first-order chi connectivity index (χ1) is 14.5. The number of hydrogen-bond acceptors (Lipinski definition) is 4. The van der Waals surface area contributed by atoms with Crippen molar-refractivity contribution in [3.05, 3.63) is 65.4 Å². The predicted molar refractivity (Wildman–Crippen MR) is 124 cm³/mol. The Hall–Kier alpha value is -2.92. The average molecular weight is 403 g/mol. The Morgan fingerprint density at radius 3 is 2.40 bits per heavy atom. The number of pyridine rings is 1. The van der Waals surface area contributed by atoms with Crippen LogP contribution in [0.5, 0.6) is 0 Å². The van der Waals surface area contributed by atoms with Crippen molar-refractivity contribution in [1.82, 2.24) is 9.88 Å². The van der Waals surface area contributed by atoms with Crippen molar-refractivity contribution in [2.45, 2.75) is 27.2 Å². The number of carbonyl (C=O) groups is 1. The van der Waals surface area contributed by atoms with Gasteiger partial charge in [0.15, 0.2) is 0 Å². The van der Waals surface area contributed by atoms with Gasteiger partial charge in [-0.3, -0.25) is 9.78 Å². The molecule has 3 aromatic rings. The first kappa shape index (κ1) is 20.4. The highest BCUT2D eigenvalue weighted by Gasteiger charge is 2.16. The zero-order valence-electron chi connectivity index (χ0n) is 18.1. The van der Waals surface area contributed by atoms with E-state index < -0.39 is 0 Å². The van der Waals surface area contributed by atoms with Crippen LogP contribution in [0.4, 0.5) is 11.4 Å². The van der Waals surface area contributed by atoms with Gasteiger partial charge < -0.3 is 15.1 Å². The quantitative estimate of drug-likeness (QED) is 0.696. The number of piperazine rings is 1. The van der Waals surface area contributed by atoms with Crippen LogP contribution in [0.15, 0.2) is 48.5 Å². The van der Waals surface area contributed by atoms with E-state index in [1.807, 2.05) is 37.3 Å². The van der Waals surface area contributed by atoms with Crippen LogP contribution in [0.2, 0.25) is 0 Å². The molecule has 0 radical (unpaired) electrons. The third-order valence-corrected chi connectivity index (χ3v) is 6.16. The molecule has 5 nitrogen and oxygen atoms in total. The van der Waals surface area contributed by atoms with Crippen molar-refractivity contribution in [2.24, 2.45) is 0 Å². The number of aryl methyl sites for hydroxylation is 2. The third-order valence-electron chi connectivity index (χ3n) is 6.16. The number of fused-ring (bicyclic) bond motifs is 1. The van der Waals surface area contributed by atoms with E-state index in [1.54, 1.807) is 0 Å². The summed E-state index contributed by atoms with van der Waals surface area (Å²) in [6.45, 7) is 11.7. The highest BCUT2D eigenvalue weighted by molar-refractivity contribution is 5.94. The van der Waals surface area contributed by atoms with Crippen molar-refractivity contribution in [2.75, 3.05) is 42.9 Å². The van der Waals surface area contributed by atoms with E-state index in [0.717, 1.165) is 66.1 Å². The molecule has 4 rings (SSSR count). The van der Waals surface area contributed by atoms with Crippen LogP contribution >= 0.6 is 0 Å². The topological polar surface area (TPSA) is 48.5 Å². The first-order valence-corrected chi connectivity index (χ1v) is 10.8. The number of nitrogens with one attached hydrogen (secondary N) is 1. The number of para-hydroxylation sites is 1. The Morgan fingerprint density at radius 2 is 1.70 bits per heavy atom. The molecule has 1 saturated heterocycles. The van der Waals surface area contributed by atoms with Gasteiger partial charge in [0.25, 0.3) is 0 Å². The summed E-state index contributed by atoms with van der Waals surface area (Å²) in [5.41, 5.74) is 6.09. The molecule has 0 aliphatic carbocycles. The van der Waals surface area contributed by atoms with Crippen LogP contribution in [0.3, 0.4) is 0 Å². The minimum atomic E-state index is -0.0115. The molecule has 156 valence electrons. The standard InChI is InChI=1S/C25H30N4O/c1-4-28-13-15-29(16-14-28)21-11-9-20(10-12-21)27-25(30)17-23-18(2)22-7-5-6-8-24(22)26-19(23)3/h5-12H,4,13-17H2,1-3H3,(H,27,30). The van der Waals surface area contributed by atoms with Crippen molar-refractivity contribution in [3.8, 4) is 0 Å². The Kier molecular flexibility index (Phi) is 6.00. The molecule has 30 heavy (non-hydrogen) atoms. The molecule has 1 aliphatic heterocycles. The maximum absolute atomic E-state index is 12.7. The summed E-state index contributed by atoms with van der Waals surface area (Å²) in [6, 6.07) is 16.3. The van der Waals surface area contributed by atoms with E-state index in [9.17, 15) is 4.79 Å². The van der Waals surface area contributed by atoms with Crippen LogP contribution in [0.25, 0.3) is 10.9 Å². The number of hydrogen-bond donors (Lipinski definition) is 1. The molecule has 5 heteroatoms. The maximum atomic E-state index is 12.7. The largest absolute Gasteiger partial charge is 0.369 e. The monoisotopic (exact) mass is 402 g/mol.